The lowest BCUT2D eigenvalue weighted by molar-refractivity contribution is -0.186. The molecule has 8 atom stereocenters. The molecule has 0 radical (unpaired) electrons. The number of amides is 6. The van der Waals surface area contributed by atoms with Gasteiger partial charge in [0.15, 0.2) is 0 Å². The smallest absolute Gasteiger partial charge is 0.363 e. The fourth-order valence-corrected chi connectivity index (χ4v) is 8.71. The topological polar surface area (TPSA) is 182 Å². The molecule has 412 valence electrons. The van der Waals surface area contributed by atoms with Gasteiger partial charge in [0, 0.05) is 51.4 Å². The van der Waals surface area contributed by atoms with Gasteiger partial charge < -0.3 is 50.3 Å². The van der Waals surface area contributed by atoms with Crippen molar-refractivity contribution in [3.63, 3.8) is 0 Å². The number of benzene rings is 2. The van der Waals surface area contributed by atoms with Gasteiger partial charge in [-0.15, -0.1) is 0 Å². The quantitative estimate of drug-likeness (QED) is 0.0848. The third-order valence-electron chi connectivity index (χ3n) is 13.3. The van der Waals surface area contributed by atoms with E-state index in [2.05, 4.69) is 44.9 Å². The Labute approximate surface area is 435 Å². The summed E-state index contributed by atoms with van der Waals surface area (Å²) in [5.74, 6) is 4.29. The predicted molar refractivity (Wildman–Crippen MR) is 267 cm³/mol. The number of aryl methyl sites for hydroxylation is 1. The van der Waals surface area contributed by atoms with Crippen LogP contribution in [0.5, 0.6) is 0 Å². The summed E-state index contributed by atoms with van der Waals surface area (Å²) in [6, 6.07) is 12.3. The molecule has 0 saturated carbocycles. The summed E-state index contributed by atoms with van der Waals surface area (Å²) in [5.41, 5.74) is 1.64. The third kappa shape index (κ3) is 19.2. The van der Waals surface area contributed by atoms with Crippen molar-refractivity contribution in [2.75, 3.05) is 66.6 Å². The minimum Gasteiger partial charge on any atom is -0.363 e. The van der Waals surface area contributed by atoms with Crippen molar-refractivity contribution < 1.29 is 64.6 Å². The van der Waals surface area contributed by atoms with E-state index < -0.39 is 96.3 Å². The van der Waals surface area contributed by atoms with Gasteiger partial charge in [0.05, 0.1) is 24.3 Å². The minimum atomic E-state index is -5.14. The summed E-state index contributed by atoms with van der Waals surface area (Å²) in [6.45, 7) is 4.86. The van der Waals surface area contributed by atoms with Gasteiger partial charge in [0.2, 0.25) is 23.6 Å². The maximum atomic E-state index is 14.2. The van der Waals surface area contributed by atoms with Crippen LogP contribution in [0.25, 0.3) is 0 Å². The molecular weight excluding hydrogens is 991 g/mol. The molecule has 2 aromatic carbocycles. The highest BCUT2D eigenvalue weighted by molar-refractivity contribution is 5.91. The predicted octanol–water partition coefficient (Wildman–Crippen LogP) is 3.63. The first-order valence-corrected chi connectivity index (χ1v) is 25.1. The third-order valence-corrected chi connectivity index (χ3v) is 13.3. The summed E-state index contributed by atoms with van der Waals surface area (Å²) in [7, 11) is 3.10. The van der Waals surface area contributed by atoms with Crippen molar-refractivity contribution in [1.82, 2.24) is 40.9 Å². The summed E-state index contributed by atoms with van der Waals surface area (Å²) in [4.78, 5) is 84.1. The monoisotopic (exact) mass is 1060 g/mol. The molecule has 0 aromatic heterocycles. The Hall–Kier alpha value is -6.20. The molecular formula is C53H70F6N8O8. The number of hydrogen-bond donors (Lipinski definition) is 4. The summed E-state index contributed by atoms with van der Waals surface area (Å²) in [5, 5.41) is 11.0. The van der Waals surface area contributed by atoms with E-state index in [1.165, 1.54) is 23.6 Å². The zero-order chi connectivity index (χ0) is 55.3. The lowest BCUT2D eigenvalue weighted by atomic mass is 10.1. The minimum absolute atomic E-state index is 0.159. The lowest BCUT2D eigenvalue weighted by Crippen LogP contribution is -2.59. The van der Waals surface area contributed by atoms with Crippen LogP contribution in [0.2, 0.25) is 0 Å². The van der Waals surface area contributed by atoms with Crippen LogP contribution >= 0.6 is 0 Å². The number of carbonyl (C=O) groups excluding carboxylic acids is 6. The average molecular weight is 1060 g/mol. The molecule has 4 rings (SSSR count). The molecule has 0 bridgehead atoms. The number of nitrogens with zero attached hydrogens (tertiary/aromatic N) is 4. The van der Waals surface area contributed by atoms with E-state index in [1.807, 2.05) is 30.3 Å². The van der Waals surface area contributed by atoms with E-state index in [0.29, 0.717) is 32.1 Å². The van der Waals surface area contributed by atoms with Gasteiger partial charge in [0.25, 0.3) is 0 Å². The normalized spacial score (nSPS) is 18.0. The van der Waals surface area contributed by atoms with Gasteiger partial charge in [-0.2, -0.15) is 26.3 Å². The second-order valence-electron chi connectivity index (χ2n) is 18.6. The Morgan fingerprint density at radius 1 is 0.613 bits per heavy atom. The number of likely N-dealkylation sites (tertiary alicyclic amines) is 2. The maximum Gasteiger partial charge on any atom is 0.471 e. The molecule has 2 aliphatic heterocycles. The molecule has 2 heterocycles. The van der Waals surface area contributed by atoms with Crippen LogP contribution in [-0.4, -0.2) is 182 Å². The van der Waals surface area contributed by atoms with E-state index >= 15 is 0 Å². The van der Waals surface area contributed by atoms with E-state index in [0.717, 1.165) is 20.9 Å². The van der Waals surface area contributed by atoms with Gasteiger partial charge >= 0.3 is 24.2 Å². The van der Waals surface area contributed by atoms with Crippen LogP contribution in [0.4, 0.5) is 26.3 Å². The van der Waals surface area contributed by atoms with Crippen LogP contribution in [0.1, 0.15) is 70.9 Å². The van der Waals surface area contributed by atoms with E-state index in [9.17, 15) is 55.1 Å². The molecule has 2 saturated heterocycles. The molecule has 0 aliphatic carbocycles. The number of carbonyl (C=O) groups is 6. The highest BCUT2D eigenvalue weighted by Crippen LogP contribution is 2.27. The Balaban J connectivity index is 1.41. The number of alkyl halides is 6. The summed E-state index contributed by atoms with van der Waals surface area (Å²) < 4.78 is 94.6. The van der Waals surface area contributed by atoms with Crippen molar-refractivity contribution in [1.29, 1.82) is 0 Å². The molecule has 0 spiro atoms. The first-order chi connectivity index (χ1) is 35.6. The number of ether oxygens (including phenoxy) is 2. The molecule has 2 aromatic rings. The Bertz CT molecular complexity index is 2320. The Morgan fingerprint density at radius 2 is 1.00 bits per heavy atom. The van der Waals surface area contributed by atoms with Gasteiger partial charge in [-0.1, -0.05) is 72.5 Å². The fourth-order valence-electron chi connectivity index (χ4n) is 8.71. The Kier molecular flexibility index (Phi) is 24.4. The van der Waals surface area contributed by atoms with Crippen LogP contribution < -0.4 is 21.3 Å². The molecule has 4 N–H and O–H groups in total. The van der Waals surface area contributed by atoms with Gasteiger partial charge in [0.1, 0.15) is 25.3 Å². The highest BCUT2D eigenvalue weighted by atomic mass is 19.4. The molecule has 2 unspecified atom stereocenters. The molecule has 22 heteroatoms. The van der Waals surface area contributed by atoms with E-state index in [4.69, 9.17) is 9.47 Å². The zero-order valence-corrected chi connectivity index (χ0v) is 43.3. The zero-order valence-electron chi connectivity index (χ0n) is 43.3. The van der Waals surface area contributed by atoms with Crippen LogP contribution in [0.3, 0.4) is 0 Å². The number of hydrogen-bond acceptors (Lipinski definition) is 10. The summed E-state index contributed by atoms with van der Waals surface area (Å²) >= 11 is 0. The average Bonchev–Trinajstić information content (AvgIpc) is 4.07. The van der Waals surface area contributed by atoms with E-state index in [-0.39, 0.29) is 65.3 Å². The highest BCUT2D eigenvalue weighted by Gasteiger charge is 2.46. The molecule has 6 amide bonds. The van der Waals surface area contributed by atoms with Crippen molar-refractivity contribution in [3.05, 3.63) is 71.8 Å². The van der Waals surface area contributed by atoms with Crippen molar-refractivity contribution >= 4 is 35.4 Å². The fraction of sp³-hybridized carbons (Fsp3) is 0.585. The van der Waals surface area contributed by atoms with Crippen molar-refractivity contribution in [2.45, 2.75) is 133 Å². The molecule has 2 fully saturated rings. The van der Waals surface area contributed by atoms with Gasteiger partial charge in [-0.25, -0.2) is 0 Å². The van der Waals surface area contributed by atoms with Gasteiger partial charge in [-0.3, -0.25) is 28.8 Å². The van der Waals surface area contributed by atoms with E-state index in [1.54, 1.807) is 58.3 Å². The summed E-state index contributed by atoms with van der Waals surface area (Å²) in [6.07, 6.45) is -9.85. The Morgan fingerprint density at radius 3 is 1.39 bits per heavy atom. The molecule has 75 heavy (non-hydrogen) atoms. The molecule has 16 nitrogen and oxygen atoms in total. The number of nitrogens with one attached hydrogen (secondary N) is 4. The van der Waals surface area contributed by atoms with Crippen molar-refractivity contribution in [3.8, 4) is 23.7 Å². The SMILES string of the molecule is CN[C@@H](C)C(=O)NC(C(=O)N1CCC[C@H]1CN(CCCc1ccccc1)C(=O)C(F)(F)F)[C@@H](C)OCC#CC#CCO[C@H](C)C(NC(=O)[C@H](C)NC)C(=O)N1CCC[C@H]1CN(CCc1ccccc1)C(=O)C(F)(F)F. The maximum absolute atomic E-state index is 14.2. The molecule has 2 aliphatic rings. The second kappa shape index (κ2) is 29.8. The number of rotatable bonds is 25. The first-order valence-electron chi connectivity index (χ1n) is 25.1. The second-order valence-corrected chi connectivity index (χ2v) is 18.6. The van der Waals surface area contributed by atoms with Crippen molar-refractivity contribution in [2.24, 2.45) is 0 Å². The largest absolute Gasteiger partial charge is 0.471 e. The number of halogens is 6. The number of likely N-dealkylation sites (N-methyl/N-ethyl adjacent to an activating group) is 2. The lowest BCUT2D eigenvalue weighted by Gasteiger charge is -2.35. The first kappa shape index (κ1) is 61.3. The van der Waals surface area contributed by atoms with Crippen LogP contribution in [-0.2, 0) is 51.1 Å². The van der Waals surface area contributed by atoms with Crippen LogP contribution in [0.15, 0.2) is 60.7 Å². The van der Waals surface area contributed by atoms with Gasteiger partial charge in [-0.05, 0) is 110 Å². The van der Waals surface area contributed by atoms with Crippen LogP contribution in [0, 0.1) is 23.7 Å². The standard InChI is InChI=1S/C53H70F6N8O8/c1-36(60-5)46(68)62-44(48(70)66-29-18-25-42(66)34-64(50(72)52(54,55)56)28-17-24-40-20-11-9-12-21-40)38(3)74-32-15-7-8-16-33-75-39(4)45(63-47(69)37(2)61-6)49(71)67-30-19-26-43(67)35-65(51(73)53(57,58)59)31-27-41-22-13-10-14-23-41/h9-14,20-23,36-39,42-45,60-61H,17-19,24-35H2,1-6H3,(H,62,68)(H,63,69)/t36-,37-,38+,39+,42-,43-,44?,45?/m0/s1.